The quantitative estimate of drug-likeness (QED) is 0.735. The Kier molecular flexibility index (Phi) is 2.58. The van der Waals surface area contributed by atoms with Crippen LogP contribution < -0.4 is 5.73 Å². The summed E-state index contributed by atoms with van der Waals surface area (Å²) in [5.74, 6) is -0.308. The van der Waals surface area contributed by atoms with Crippen molar-refractivity contribution in [2.75, 3.05) is 0 Å². The van der Waals surface area contributed by atoms with E-state index in [4.69, 9.17) is 11.0 Å². The van der Waals surface area contributed by atoms with Crippen LogP contribution in [0.2, 0.25) is 0 Å². The Morgan fingerprint density at radius 2 is 2.55 bits per heavy atom. The maximum atomic E-state index is 12.7. The lowest BCUT2D eigenvalue weighted by molar-refractivity contribution is 0.597. The predicted octanol–water partition coefficient (Wildman–Crippen LogP) is 1.80. The molecule has 0 aromatic carbocycles. The molecule has 4 heteroatoms. The van der Waals surface area contributed by atoms with E-state index in [1.165, 1.54) is 17.4 Å². The third-order valence-corrected chi connectivity index (χ3v) is 2.32. The summed E-state index contributed by atoms with van der Waals surface area (Å²) in [4.78, 5) is 0.464. The van der Waals surface area contributed by atoms with Gasteiger partial charge in [0, 0.05) is 0 Å². The standard InChI is InChI=1S/C7H7FN2S/c8-5-2-4-11-7(5)6(10)1-3-9/h2,4,6H,1,10H2/t6-/m0/s1. The molecule has 0 bridgehead atoms. The average Bonchev–Trinajstić information content (AvgIpc) is 2.36. The summed E-state index contributed by atoms with van der Waals surface area (Å²) in [6.45, 7) is 0. The molecule has 0 radical (unpaired) electrons. The number of hydrogen-bond donors (Lipinski definition) is 1. The number of nitrogens with zero attached hydrogens (tertiary/aromatic N) is 1. The van der Waals surface area contributed by atoms with Crippen molar-refractivity contribution in [3.8, 4) is 6.07 Å². The van der Waals surface area contributed by atoms with E-state index in [0.29, 0.717) is 4.88 Å². The molecular formula is C7H7FN2S. The van der Waals surface area contributed by atoms with Gasteiger partial charge >= 0.3 is 0 Å². The van der Waals surface area contributed by atoms with E-state index in [9.17, 15) is 4.39 Å². The molecule has 0 amide bonds. The SMILES string of the molecule is N#CC[C@H](N)c1sccc1F. The fraction of sp³-hybridized carbons (Fsp3) is 0.286. The summed E-state index contributed by atoms with van der Waals surface area (Å²) < 4.78 is 12.7. The maximum Gasteiger partial charge on any atom is 0.138 e. The zero-order valence-corrected chi connectivity index (χ0v) is 6.57. The molecule has 0 spiro atoms. The van der Waals surface area contributed by atoms with E-state index in [1.807, 2.05) is 6.07 Å². The Balaban J connectivity index is 2.77. The Morgan fingerprint density at radius 3 is 3.00 bits per heavy atom. The first-order valence-electron chi connectivity index (χ1n) is 3.11. The van der Waals surface area contributed by atoms with E-state index in [1.54, 1.807) is 5.38 Å². The van der Waals surface area contributed by atoms with Crippen LogP contribution in [0.1, 0.15) is 17.3 Å². The number of nitriles is 1. The van der Waals surface area contributed by atoms with Gasteiger partial charge in [-0.25, -0.2) is 4.39 Å². The number of halogens is 1. The normalized spacial score (nSPS) is 12.5. The van der Waals surface area contributed by atoms with Crippen molar-refractivity contribution in [2.24, 2.45) is 5.73 Å². The summed E-state index contributed by atoms with van der Waals surface area (Å²) in [7, 11) is 0. The van der Waals surface area contributed by atoms with Crippen molar-refractivity contribution in [1.29, 1.82) is 5.26 Å². The van der Waals surface area contributed by atoms with Gasteiger partial charge in [0.25, 0.3) is 0 Å². The van der Waals surface area contributed by atoms with E-state index in [2.05, 4.69) is 0 Å². The van der Waals surface area contributed by atoms with Crippen LogP contribution in [0.3, 0.4) is 0 Å². The molecule has 11 heavy (non-hydrogen) atoms. The highest BCUT2D eigenvalue weighted by Crippen LogP contribution is 2.22. The van der Waals surface area contributed by atoms with Crippen LogP contribution in [0.5, 0.6) is 0 Å². The van der Waals surface area contributed by atoms with Crippen LogP contribution in [-0.4, -0.2) is 0 Å². The lowest BCUT2D eigenvalue weighted by atomic mass is 10.2. The topological polar surface area (TPSA) is 49.8 Å². The number of hydrogen-bond acceptors (Lipinski definition) is 3. The molecular weight excluding hydrogens is 163 g/mol. The van der Waals surface area contributed by atoms with Crippen LogP contribution >= 0.6 is 11.3 Å². The Morgan fingerprint density at radius 1 is 1.82 bits per heavy atom. The molecule has 0 saturated carbocycles. The van der Waals surface area contributed by atoms with Crippen LogP contribution in [-0.2, 0) is 0 Å². The fourth-order valence-corrected chi connectivity index (χ4v) is 1.53. The van der Waals surface area contributed by atoms with Crippen molar-refractivity contribution in [3.63, 3.8) is 0 Å². The fourth-order valence-electron chi connectivity index (χ4n) is 0.761. The lowest BCUT2D eigenvalue weighted by Gasteiger charge is -2.02. The first kappa shape index (κ1) is 8.18. The van der Waals surface area contributed by atoms with Gasteiger partial charge in [0.2, 0.25) is 0 Å². The van der Waals surface area contributed by atoms with E-state index < -0.39 is 6.04 Å². The van der Waals surface area contributed by atoms with Gasteiger partial charge in [-0.2, -0.15) is 5.26 Å². The summed E-state index contributed by atoms with van der Waals surface area (Å²) in [5, 5.41) is 9.91. The second-order valence-electron chi connectivity index (χ2n) is 2.10. The Bertz CT molecular complexity index is 276. The van der Waals surface area contributed by atoms with Crippen LogP contribution in [0.4, 0.5) is 4.39 Å². The van der Waals surface area contributed by atoms with E-state index >= 15 is 0 Å². The minimum absolute atomic E-state index is 0.164. The molecule has 1 aromatic heterocycles. The Labute approximate surface area is 68.1 Å². The molecule has 1 heterocycles. The average molecular weight is 170 g/mol. The monoisotopic (exact) mass is 170 g/mol. The first-order valence-corrected chi connectivity index (χ1v) is 3.99. The smallest absolute Gasteiger partial charge is 0.138 e. The van der Waals surface area contributed by atoms with Gasteiger partial charge in [-0.3, -0.25) is 0 Å². The highest BCUT2D eigenvalue weighted by atomic mass is 32.1. The molecule has 1 atom stereocenters. The zero-order valence-electron chi connectivity index (χ0n) is 5.75. The second kappa shape index (κ2) is 3.46. The number of thiophene rings is 1. The minimum Gasteiger partial charge on any atom is -0.322 e. The van der Waals surface area contributed by atoms with E-state index in [0.717, 1.165) is 0 Å². The highest BCUT2D eigenvalue weighted by molar-refractivity contribution is 7.10. The predicted molar refractivity (Wildman–Crippen MR) is 41.4 cm³/mol. The largest absolute Gasteiger partial charge is 0.322 e. The van der Waals surface area contributed by atoms with Crippen molar-refractivity contribution < 1.29 is 4.39 Å². The number of nitrogens with two attached hydrogens (primary N) is 1. The van der Waals surface area contributed by atoms with Gasteiger partial charge in [-0.05, 0) is 11.4 Å². The highest BCUT2D eigenvalue weighted by Gasteiger charge is 2.11. The summed E-state index contributed by atoms with van der Waals surface area (Å²) in [6, 6.07) is 2.78. The van der Waals surface area contributed by atoms with Crippen molar-refractivity contribution in [2.45, 2.75) is 12.5 Å². The summed E-state index contributed by atoms with van der Waals surface area (Å²) >= 11 is 1.25. The molecule has 2 N–H and O–H groups in total. The van der Waals surface area contributed by atoms with Crippen molar-refractivity contribution in [3.05, 3.63) is 22.1 Å². The minimum atomic E-state index is -0.472. The van der Waals surface area contributed by atoms with Gasteiger partial charge in [-0.1, -0.05) is 0 Å². The molecule has 0 aliphatic carbocycles. The zero-order chi connectivity index (χ0) is 8.27. The maximum absolute atomic E-state index is 12.7. The molecule has 2 nitrogen and oxygen atoms in total. The molecule has 58 valence electrons. The lowest BCUT2D eigenvalue weighted by Crippen LogP contribution is -2.08. The molecule has 1 aromatic rings. The third kappa shape index (κ3) is 1.76. The van der Waals surface area contributed by atoms with Crippen LogP contribution in [0.25, 0.3) is 0 Å². The second-order valence-corrected chi connectivity index (χ2v) is 3.05. The van der Waals surface area contributed by atoms with E-state index in [-0.39, 0.29) is 12.2 Å². The van der Waals surface area contributed by atoms with Crippen LogP contribution in [0, 0.1) is 17.1 Å². The molecule has 0 unspecified atom stereocenters. The van der Waals surface area contributed by atoms with Gasteiger partial charge in [0.05, 0.1) is 23.4 Å². The Hall–Kier alpha value is -0.920. The van der Waals surface area contributed by atoms with Crippen LogP contribution in [0.15, 0.2) is 11.4 Å². The van der Waals surface area contributed by atoms with Gasteiger partial charge in [0.15, 0.2) is 0 Å². The molecule has 0 aliphatic rings. The van der Waals surface area contributed by atoms with Crippen molar-refractivity contribution >= 4 is 11.3 Å². The molecule has 0 fully saturated rings. The summed E-state index contributed by atoms with van der Waals surface area (Å²) in [5.41, 5.74) is 5.50. The van der Waals surface area contributed by atoms with Gasteiger partial charge in [0.1, 0.15) is 5.82 Å². The molecule has 1 rings (SSSR count). The van der Waals surface area contributed by atoms with Gasteiger partial charge < -0.3 is 5.73 Å². The van der Waals surface area contributed by atoms with Gasteiger partial charge in [-0.15, -0.1) is 11.3 Å². The third-order valence-electron chi connectivity index (χ3n) is 1.29. The number of rotatable bonds is 2. The first-order chi connectivity index (χ1) is 5.25. The molecule has 0 aliphatic heterocycles. The summed E-state index contributed by atoms with van der Waals surface area (Å²) in [6.07, 6.45) is 0.164. The molecule has 0 saturated heterocycles. The van der Waals surface area contributed by atoms with Crippen molar-refractivity contribution in [1.82, 2.24) is 0 Å².